The van der Waals surface area contributed by atoms with Gasteiger partial charge in [0.25, 0.3) is 5.56 Å². The second-order valence-electron chi connectivity index (χ2n) is 6.58. The molecule has 0 fully saturated rings. The van der Waals surface area contributed by atoms with Crippen LogP contribution in [0.1, 0.15) is 18.2 Å². The molecule has 30 heavy (non-hydrogen) atoms. The molecule has 0 bridgehead atoms. The van der Waals surface area contributed by atoms with Crippen LogP contribution in [0.4, 0.5) is 24.5 Å². The normalized spacial score (nSPS) is 11.4. The van der Waals surface area contributed by atoms with Crippen molar-refractivity contribution < 1.29 is 22.8 Å². The molecule has 0 aliphatic heterocycles. The Morgan fingerprint density at radius 3 is 2.37 bits per heavy atom. The maximum absolute atomic E-state index is 13.4. The number of aromatic nitrogens is 2. The molecule has 2 N–H and O–H groups in total. The third-order valence-electron chi connectivity index (χ3n) is 4.27. The van der Waals surface area contributed by atoms with Crippen molar-refractivity contribution in [3.63, 3.8) is 0 Å². The molecule has 0 radical (unpaired) electrons. The quantitative estimate of drug-likeness (QED) is 0.680. The van der Waals surface area contributed by atoms with Crippen molar-refractivity contribution in [2.75, 3.05) is 10.6 Å². The number of carbonyl (C=O) groups is 2. The number of nitrogens with zero attached hydrogens (tertiary/aromatic N) is 2. The summed E-state index contributed by atoms with van der Waals surface area (Å²) in [6.07, 6.45) is -4.77. The van der Waals surface area contributed by atoms with Crippen molar-refractivity contribution in [3.05, 3.63) is 64.1 Å². The Balaban J connectivity index is 1.90. The van der Waals surface area contributed by atoms with Crippen molar-refractivity contribution in [2.24, 2.45) is 0 Å². The van der Waals surface area contributed by atoms with Gasteiger partial charge < -0.3 is 10.6 Å². The van der Waals surface area contributed by atoms with E-state index in [4.69, 9.17) is 0 Å². The Kier molecular flexibility index (Phi) is 5.59. The average Bonchev–Trinajstić information content (AvgIpc) is 2.66. The van der Waals surface area contributed by atoms with Crippen molar-refractivity contribution in [2.45, 2.75) is 26.6 Å². The van der Waals surface area contributed by atoms with Crippen molar-refractivity contribution >= 4 is 34.0 Å². The highest BCUT2D eigenvalue weighted by Crippen LogP contribution is 2.36. The molecule has 0 unspecified atom stereocenters. The monoisotopic (exact) mass is 418 g/mol. The lowest BCUT2D eigenvalue weighted by Crippen LogP contribution is -2.30. The summed E-state index contributed by atoms with van der Waals surface area (Å²) in [6.45, 7) is 2.27. The lowest BCUT2D eigenvalue weighted by Gasteiger charge is -2.16. The molecule has 2 aromatic carbocycles. The fourth-order valence-electron chi connectivity index (χ4n) is 3.01. The van der Waals surface area contributed by atoms with Crippen LogP contribution in [-0.4, -0.2) is 21.6 Å². The molecule has 2 amide bonds. The predicted molar refractivity (Wildman–Crippen MR) is 105 cm³/mol. The number of aryl methyl sites for hydroxylation is 1. The number of alkyl halides is 3. The van der Waals surface area contributed by atoms with Crippen LogP contribution in [-0.2, 0) is 22.3 Å². The second kappa shape index (κ2) is 7.97. The first-order chi connectivity index (χ1) is 14.1. The first-order valence-corrected chi connectivity index (χ1v) is 8.81. The van der Waals surface area contributed by atoms with E-state index in [1.165, 1.54) is 13.0 Å². The minimum absolute atomic E-state index is 0.0594. The molecular formula is C20H17F3N4O3. The summed E-state index contributed by atoms with van der Waals surface area (Å²) in [4.78, 5) is 36.0. The molecule has 3 aromatic rings. The molecule has 1 heterocycles. The standard InChI is InChI=1S/C20H17F3N4O3/c1-11-14-5-3-4-6-15(14)19(30)27(26-11)10-18(29)25-17-8-7-13(24-12(2)28)9-16(17)20(21,22)23/h3-9H,10H2,1-2H3,(H,24,28)(H,25,29). The van der Waals surface area contributed by atoms with Crippen LogP contribution in [0.3, 0.4) is 0 Å². The minimum atomic E-state index is -4.77. The molecular weight excluding hydrogens is 401 g/mol. The van der Waals surface area contributed by atoms with E-state index in [0.29, 0.717) is 16.5 Å². The lowest BCUT2D eigenvalue weighted by molar-refractivity contribution is -0.137. The topological polar surface area (TPSA) is 93.1 Å². The zero-order valence-corrected chi connectivity index (χ0v) is 16.0. The van der Waals surface area contributed by atoms with E-state index in [-0.39, 0.29) is 5.69 Å². The summed E-state index contributed by atoms with van der Waals surface area (Å²) in [5.74, 6) is -1.38. The second-order valence-corrected chi connectivity index (χ2v) is 6.58. The van der Waals surface area contributed by atoms with Crippen molar-refractivity contribution in [3.8, 4) is 0 Å². The summed E-state index contributed by atoms with van der Waals surface area (Å²) in [5.41, 5.74) is -1.70. The fourth-order valence-corrected chi connectivity index (χ4v) is 3.01. The first kappa shape index (κ1) is 21.0. The third kappa shape index (κ3) is 4.48. The van der Waals surface area contributed by atoms with Crippen LogP contribution < -0.4 is 16.2 Å². The highest BCUT2D eigenvalue weighted by molar-refractivity contribution is 5.93. The third-order valence-corrected chi connectivity index (χ3v) is 4.27. The van der Waals surface area contributed by atoms with Gasteiger partial charge in [-0.1, -0.05) is 18.2 Å². The Bertz CT molecular complexity index is 1200. The van der Waals surface area contributed by atoms with E-state index < -0.39 is 41.3 Å². The molecule has 0 saturated carbocycles. The zero-order valence-electron chi connectivity index (χ0n) is 16.0. The molecule has 0 aliphatic rings. The highest BCUT2D eigenvalue weighted by Gasteiger charge is 2.34. The molecule has 10 heteroatoms. The van der Waals surface area contributed by atoms with Gasteiger partial charge in [0.1, 0.15) is 6.54 Å². The number of benzene rings is 2. The molecule has 0 spiro atoms. The van der Waals surface area contributed by atoms with Gasteiger partial charge in [0, 0.05) is 18.0 Å². The van der Waals surface area contributed by atoms with E-state index in [1.54, 1.807) is 31.2 Å². The SMILES string of the molecule is CC(=O)Nc1ccc(NC(=O)Cn2nc(C)c3ccccc3c2=O)c(C(F)(F)F)c1. The Labute approximate surface area is 168 Å². The van der Waals surface area contributed by atoms with Crippen LogP contribution >= 0.6 is 0 Å². The number of amides is 2. The molecule has 0 atom stereocenters. The number of hydrogen-bond donors (Lipinski definition) is 2. The smallest absolute Gasteiger partial charge is 0.326 e. The summed E-state index contributed by atoms with van der Waals surface area (Å²) >= 11 is 0. The fraction of sp³-hybridized carbons (Fsp3) is 0.200. The van der Waals surface area contributed by atoms with Gasteiger partial charge in [-0.3, -0.25) is 14.4 Å². The molecule has 7 nitrogen and oxygen atoms in total. The van der Waals surface area contributed by atoms with Gasteiger partial charge in [-0.05, 0) is 31.2 Å². The molecule has 0 aliphatic carbocycles. The first-order valence-electron chi connectivity index (χ1n) is 8.81. The number of fused-ring (bicyclic) bond motifs is 1. The van der Waals surface area contributed by atoms with Gasteiger partial charge >= 0.3 is 6.18 Å². The van der Waals surface area contributed by atoms with Gasteiger partial charge in [0.15, 0.2) is 0 Å². The largest absolute Gasteiger partial charge is 0.418 e. The van der Waals surface area contributed by atoms with E-state index in [0.717, 1.165) is 16.8 Å². The summed E-state index contributed by atoms with van der Waals surface area (Å²) in [6, 6.07) is 9.71. The maximum atomic E-state index is 13.4. The molecule has 3 rings (SSSR count). The highest BCUT2D eigenvalue weighted by atomic mass is 19.4. The summed E-state index contributed by atoms with van der Waals surface area (Å²) in [5, 5.41) is 9.49. The Hall–Kier alpha value is -3.69. The van der Waals surface area contributed by atoms with E-state index in [2.05, 4.69) is 15.7 Å². The number of nitrogens with one attached hydrogen (secondary N) is 2. The number of rotatable bonds is 4. The lowest BCUT2D eigenvalue weighted by atomic mass is 10.1. The van der Waals surface area contributed by atoms with E-state index in [9.17, 15) is 27.6 Å². The number of hydrogen-bond acceptors (Lipinski definition) is 4. The maximum Gasteiger partial charge on any atom is 0.418 e. The predicted octanol–water partition coefficient (Wildman–Crippen LogP) is 3.32. The minimum Gasteiger partial charge on any atom is -0.326 e. The van der Waals surface area contributed by atoms with Crippen LogP contribution in [0.5, 0.6) is 0 Å². The van der Waals surface area contributed by atoms with E-state index in [1.807, 2.05) is 0 Å². The van der Waals surface area contributed by atoms with Crippen molar-refractivity contribution in [1.29, 1.82) is 0 Å². The molecule has 1 aromatic heterocycles. The van der Waals surface area contributed by atoms with Gasteiger partial charge in [-0.25, -0.2) is 4.68 Å². The van der Waals surface area contributed by atoms with Gasteiger partial charge in [0.2, 0.25) is 11.8 Å². The van der Waals surface area contributed by atoms with Gasteiger partial charge in [0.05, 0.1) is 22.3 Å². The van der Waals surface area contributed by atoms with Gasteiger partial charge in [-0.2, -0.15) is 18.3 Å². The Morgan fingerprint density at radius 1 is 1.07 bits per heavy atom. The zero-order chi connectivity index (χ0) is 22.1. The molecule has 0 saturated heterocycles. The number of carbonyl (C=O) groups excluding carboxylic acids is 2. The van der Waals surface area contributed by atoms with E-state index >= 15 is 0 Å². The van der Waals surface area contributed by atoms with Crippen LogP contribution in [0.15, 0.2) is 47.3 Å². The number of halogens is 3. The Morgan fingerprint density at radius 2 is 1.73 bits per heavy atom. The number of anilines is 2. The average molecular weight is 418 g/mol. The summed E-state index contributed by atoms with van der Waals surface area (Å²) < 4.78 is 41.1. The molecule has 156 valence electrons. The van der Waals surface area contributed by atoms with Crippen molar-refractivity contribution in [1.82, 2.24) is 9.78 Å². The summed E-state index contributed by atoms with van der Waals surface area (Å²) in [7, 11) is 0. The van der Waals surface area contributed by atoms with Crippen LogP contribution in [0.25, 0.3) is 10.8 Å². The van der Waals surface area contributed by atoms with Crippen LogP contribution in [0, 0.1) is 6.92 Å². The van der Waals surface area contributed by atoms with Gasteiger partial charge in [-0.15, -0.1) is 0 Å². The van der Waals surface area contributed by atoms with Crippen LogP contribution in [0.2, 0.25) is 0 Å².